The van der Waals surface area contributed by atoms with Crippen molar-refractivity contribution in [1.82, 2.24) is 23.7 Å². The maximum atomic E-state index is 13.5. The number of hydrogen-bond acceptors (Lipinski definition) is 8. The van der Waals surface area contributed by atoms with E-state index in [0.29, 0.717) is 37.5 Å². The summed E-state index contributed by atoms with van der Waals surface area (Å²) in [7, 11) is -2.43. The molecule has 1 unspecified atom stereocenters. The van der Waals surface area contributed by atoms with E-state index in [0.717, 1.165) is 43.0 Å². The number of aromatic nitrogens is 2. The Labute approximate surface area is 335 Å². The molecule has 57 heavy (non-hydrogen) atoms. The van der Waals surface area contributed by atoms with Gasteiger partial charge in [0.05, 0.1) is 44.2 Å². The fourth-order valence-corrected chi connectivity index (χ4v) is 9.43. The number of halogens is 5. The molecule has 0 aliphatic carbocycles. The number of piperazine rings is 1. The second kappa shape index (κ2) is 16.0. The van der Waals surface area contributed by atoms with Crippen LogP contribution in [0.25, 0.3) is 11.0 Å². The first-order chi connectivity index (χ1) is 27.0. The van der Waals surface area contributed by atoms with Gasteiger partial charge in [-0.2, -0.15) is 25.9 Å². The summed E-state index contributed by atoms with van der Waals surface area (Å²) in [6.07, 6.45) is -3.00. The number of amides is 3. The Kier molecular flexibility index (Phi) is 11.4. The number of rotatable bonds is 9. The summed E-state index contributed by atoms with van der Waals surface area (Å²) in [5.74, 6) is -1.43. The first-order valence-corrected chi connectivity index (χ1v) is 20.5. The molecule has 14 nitrogen and oxygen atoms in total. The van der Waals surface area contributed by atoms with Gasteiger partial charge in [0.2, 0.25) is 11.8 Å². The van der Waals surface area contributed by atoms with Crippen molar-refractivity contribution in [3.63, 3.8) is 0 Å². The van der Waals surface area contributed by atoms with Gasteiger partial charge >= 0.3 is 22.1 Å². The van der Waals surface area contributed by atoms with Gasteiger partial charge in [-0.1, -0.05) is 29.3 Å². The van der Waals surface area contributed by atoms with Crippen LogP contribution in [0.4, 0.5) is 30.2 Å². The van der Waals surface area contributed by atoms with Gasteiger partial charge in [-0.25, -0.2) is 4.79 Å². The predicted octanol–water partition coefficient (Wildman–Crippen LogP) is 5.09. The number of imide groups is 1. The lowest BCUT2D eigenvalue weighted by Crippen LogP contribution is -2.49. The molecule has 3 N–H and O–H groups in total. The summed E-state index contributed by atoms with van der Waals surface area (Å²) >= 11 is 12.2. The number of alkyl halides is 3. The van der Waals surface area contributed by atoms with Crippen LogP contribution in [0.15, 0.2) is 59.4 Å². The fourth-order valence-electron chi connectivity index (χ4n) is 7.75. The Morgan fingerprint density at radius 1 is 0.912 bits per heavy atom. The van der Waals surface area contributed by atoms with Crippen molar-refractivity contribution in [1.29, 1.82) is 0 Å². The van der Waals surface area contributed by atoms with Crippen LogP contribution in [0.2, 0.25) is 10.0 Å². The number of nitrogens with one attached hydrogen (secondary N) is 3. The van der Waals surface area contributed by atoms with Crippen LogP contribution in [0.1, 0.15) is 47.6 Å². The van der Waals surface area contributed by atoms with Crippen LogP contribution in [-0.4, -0.2) is 90.3 Å². The van der Waals surface area contributed by atoms with E-state index in [9.17, 15) is 40.8 Å². The summed E-state index contributed by atoms with van der Waals surface area (Å²) in [6.45, 7) is 4.14. The quantitative estimate of drug-likeness (QED) is 0.197. The Morgan fingerprint density at radius 3 is 2.28 bits per heavy atom. The number of aryl methyl sites for hydroxylation is 1. The number of para-hydroxylation sites is 1. The van der Waals surface area contributed by atoms with Crippen LogP contribution in [0.5, 0.6) is 0 Å². The van der Waals surface area contributed by atoms with Crippen LogP contribution < -0.4 is 25.9 Å². The van der Waals surface area contributed by atoms with E-state index in [1.165, 1.54) is 27.1 Å². The molecule has 0 saturated carbocycles. The molecular formula is C37H39Cl2F3N8O6S. The van der Waals surface area contributed by atoms with Crippen molar-refractivity contribution in [2.45, 2.75) is 37.9 Å². The highest BCUT2D eigenvalue weighted by molar-refractivity contribution is 7.90. The average Bonchev–Trinajstić information content (AvgIpc) is 3.42. The first kappa shape index (κ1) is 40.6. The molecule has 3 fully saturated rings. The standard InChI is InChI=1S/C37H39Cl2F3N8O6S/c1-46-33-29(3-2-4-30(33)50(36(46)54)31-9-10-32(51)44-35(31)53)48-17-15-47(16-18-48)21-22-11-13-49(14-12-22)57(55,56)45-27-8-6-24(38)20-25(27)34(52)43-28-7-5-23(19-26(28)39)37(40,41)42/h2-8,19-20,22,31,45H,9-18,21H2,1H3,(H,43,52)(H,44,51,53). The van der Waals surface area contributed by atoms with E-state index in [4.69, 9.17) is 23.2 Å². The van der Waals surface area contributed by atoms with Crippen molar-refractivity contribution < 1.29 is 36.0 Å². The van der Waals surface area contributed by atoms with Crippen molar-refractivity contribution in [2.24, 2.45) is 13.0 Å². The van der Waals surface area contributed by atoms with E-state index < -0.39 is 39.8 Å². The predicted molar refractivity (Wildman–Crippen MR) is 210 cm³/mol. The largest absolute Gasteiger partial charge is 0.416 e. The van der Waals surface area contributed by atoms with Gasteiger partial charge in [0.1, 0.15) is 6.04 Å². The number of fused-ring (bicyclic) bond motifs is 1. The molecule has 7 rings (SSSR count). The van der Waals surface area contributed by atoms with Gasteiger partial charge in [-0.05, 0) is 73.7 Å². The van der Waals surface area contributed by atoms with Crippen molar-refractivity contribution in [3.05, 3.63) is 86.3 Å². The van der Waals surface area contributed by atoms with E-state index in [1.807, 2.05) is 18.2 Å². The number of carbonyl (C=O) groups excluding carboxylic acids is 3. The molecule has 0 bridgehead atoms. The summed E-state index contributed by atoms with van der Waals surface area (Å²) in [5.41, 5.74) is 0.602. The summed E-state index contributed by atoms with van der Waals surface area (Å²) in [6, 6.07) is 11.3. The number of carbonyl (C=O) groups is 3. The summed E-state index contributed by atoms with van der Waals surface area (Å²) in [4.78, 5) is 55.6. The van der Waals surface area contributed by atoms with Crippen LogP contribution in [-0.2, 0) is 33.0 Å². The molecule has 3 aliphatic heterocycles. The Morgan fingerprint density at radius 2 is 1.61 bits per heavy atom. The number of benzene rings is 3. The molecule has 1 atom stereocenters. The Hall–Kier alpha value is -4.62. The smallest absolute Gasteiger partial charge is 0.367 e. The summed E-state index contributed by atoms with van der Waals surface area (Å²) < 4.78 is 73.2. The lowest BCUT2D eigenvalue weighted by molar-refractivity contribution is -0.138. The second-order valence-electron chi connectivity index (χ2n) is 14.4. The number of piperidine rings is 2. The molecule has 4 aromatic rings. The summed E-state index contributed by atoms with van der Waals surface area (Å²) in [5, 5.41) is 4.56. The van der Waals surface area contributed by atoms with Gasteiger partial charge in [-0.15, -0.1) is 0 Å². The maximum Gasteiger partial charge on any atom is 0.416 e. The van der Waals surface area contributed by atoms with Crippen LogP contribution >= 0.6 is 23.2 Å². The molecule has 4 heterocycles. The molecule has 3 saturated heterocycles. The molecule has 1 aromatic heterocycles. The zero-order chi connectivity index (χ0) is 40.8. The third-order valence-corrected chi connectivity index (χ3v) is 12.8. The number of imidazole rings is 1. The minimum atomic E-state index is -4.63. The van der Waals surface area contributed by atoms with Crippen molar-refractivity contribution in [2.75, 3.05) is 60.8 Å². The van der Waals surface area contributed by atoms with E-state index in [-0.39, 0.29) is 70.4 Å². The molecule has 20 heteroatoms. The maximum absolute atomic E-state index is 13.5. The molecule has 0 spiro atoms. The van der Waals surface area contributed by atoms with Gasteiger partial charge in [0.25, 0.3) is 5.91 Å². The number of anilines is 3. The fraction of sp³-hybridized carbons (Fsp3) is 0.405. The van der Waals surface area contributed by atoms with Gasteiger partial charge in [0.15, 0.2) is 0 Å². The van der Waals surface area contributed by atoms with Crippen molar-refractivity contribution in [3.8, 4) is 0 Å². The Balaban J connectivity index is 0.945. The Bertz CT molecular complexity index is 2410. The van der Waals surface area contributed by atoms with E-state index in [1.54, 1.807) is 11.6 Å². The zero-order valence-corrected chi connectivity index (χ0v) is 32.9. The number of nitrogens with zero attached hydrogens (tertiary/aromatic N) is 5. The topological polar surface area (TPSA) is 158 Å². The highest BCUT2D eigenvalue weighted by Gasteiger charge is 2.34. The van der Waals surface area contributed by atoms with Gasteiger partial charge in [-0.3, -0.25) is 38.5 Å². The second-order valence-corrected chi connectivity index (χ2v) is 16.9. The molecule has 0 radical (unpaired) electrons. The molecule has 304 valence electrons. The highest BCUT2D eigenvalue weighted by Crippen LogP contribution is 2.35. The zero-order valence-electron chi connectivity index (χ0n) is 30.6. The highest BCUT2D eigenvalue weighted by atomic mass is 35.5. The van der Waals surface area contributed by atoms with E-state index >= 15 is 0 Å². The lowest BCUT2D eigenvalue weighted by Gasteiger charge is -2.39. The molecule has 3 amide bonds. The first-order valence-electron chi connectivity index (χ1n) is 18.3. The molecular weight excluding hydrogens is 812 g/mol. The van der Waals surface area contributed by atoms with Gasteiger partial charge in [0, 0.05) is 64.3 Å². The van der Waals surface area contributed by atoms with Gasteiger partial charge < -0.3 is 10.2 Å². The number of hydrogen-bond donors (Lipinski definition) is 3. The lowest BCUT2D eigenvalue weighted by atomic mass is 9.97. The minimum Gasteiger partial charge on any atom is -0.367 e. The molecule has 3 aliphatic rings. The molecule has 3 aromatic carbocycles. The van der Waals surface area contributed by atoms with Crippen molar-refractivity contribution >= 4 is 79.2 Å². The monoisotopic (exact) mass is 850 g/mol. The third kappa shape index (κ3) is 8.50. The third-order valence-electron chi connectivity index (χ3n) is 10.8. The van der Waals surface area contributed by atoms with Crippen LogP contribution in [0.3, 0.4) is 0 Å². The van der Waals surface area contributed by atoms with Crippen LogP contribution in [0, 0.1) is 5.92 Å². The minimum absolute atomic E-state index is 0.0665. The normalized spacial score (nSPS) is 19.2. The average molecular weight is 852 g/mol. The van der Waals surface area contributed by atoms with E-state index in [2.05, 4.69) is 25.2 Å². The SMILES string of the molecule is Cn1c(=O)n(C2CCC(=O)NC2=O)c2cccc(N3CCN(CC4CCN(S(=O)(=O)Nc5ccc(Cl)cc5C(=O)Nc5ccc(C(F)(F)F)cc5Cl)CC4)CC3)c21.